The molecule has 0 radical (unpaired) electrons. The third kappa shape index (κ3) is 5.20. The third-order valence-corrected chi connectivity index (χ3v) is 7.36. The zero-order valence-electron chi connectivity index (χ0n) is 20.6. The van der Waals surface area contributed by atoms with Crippen molar-refractivity contribution in [1.29, 1.82) is 0 Å². The topological polar surface area (TPSA) is 78.3 Å². The van der Waals surface area contributed by atoms with Gasteiger partial charge in [0.25, 0.3) is 5.56 Å². The number of hydrogen-bond acceptors (Lipinski definition) is 5. The van der Waals surface area contributed by atoms with Gasteiger partial charge in [-0.1, -0.05) is 77.4 Å². The van der Waals surface area contributed by atoms with Crippen molar-refractivity contribution in [1.82, 2.24) is 9.55 Å². The van der Waals surface area contributed by atoms with Crippen LogP contribution in [0.15, 0.2) is 52.2 Å². The molecule has 3 aromatic rings. The van der Waals surface area contributed by atoms with E-state index >= 15 is 0 Å². The predicted molar refractivity (Wildman–Crippen MR) is 136 cm³/mol. The lowest BCUT2D eigenvalue weighted by Crippen LogP contribution is -2.24. The maximum Gasteiger partial charge on any atom is 0.341 e. The Bertz CT molecular complexity index is 1350. The van der Waals surface area contributed by atoms with E-state index in [9.17, 15) is 13.2 Å². The lowest BCUT2D eigenvalue weighted by atomic mass is 9.89. The molecule has 0 unspecified atom stereocenters. The first-order chi connectivity index (χ1) is 15.8. The van der Waals surface area contributed by atoms with E-state index in [1.54, 1.807) is 31.2 Å². The van der Waals surface area contributed by atoms with Crippen molar-refractivity contribution in [2.45, 2.75) is 71.1 Å². The highest BCUT2D eigenvalue weighted by atomic mass is 35.5. The van der Waals surface area contributed by atoms with Crippen molar-refractivity contribution >= 4 is 21.7 Å². The highest BCUT2D eigenvalue weighted by molar-refractivity contribution is 7.87. The van der Waals surface area contributed by atoms with Gasteiger partial charge in [-0.05, 0) is 53.5 Å². The molecule has 0 saturated heterocycles. The van der Waals surface area contributed by atoms with E-state index in [0.717, 1.165) is 11.6 Å². The summed E-state index contributed by atoms with van der Waals surface area (Å²) in [5, 5.41) is 0.379. The summed E-state index contributed by atoms with van der Waals surface area (Å²) in [6.07, 6.45) is 0. The van der Waals surface area contributed by atoms with Gasteiger partial charge in [0.15, 0.2) is 0 Å². The smallest absolute Gasteiger partial charge is 0.341 e. The monoisotopic (exact) mass is 502 g/mol. The number of benzene rings is 2. The summed E-state index contributed by atoms with van der Waals surface area (Å²) < 4.78 is 33.9. The van der Waals surface area contributed by atoms with Crippen molar-refractivity contribution in [3.63, 3.8) is 0 Å². The van der Waals surface area contributed by atoms with Crippen LogP contribution < -0.4 is 9.74 Å². The van der Waals surface area contributed by atoms with Crippen LogP contribution in [-0.4, -0.2) is 18.0 Å². The summed E-state index contributed by atoms with van der Waals surface area (Å²) in [5.41, 5.74) is 2.42. The number of aryl methyl sites for hydroxylation is 1. The molecule has 1 aromatic heterocycles. The molecule has 0 atom stereocenters. The Hall–Kier alpha value is -2.64. The number of nitrogens with zero attached hydrogens (tertiary/aromatic N) is 2. The van der Waals surface area contributed by atoms with E-state index in [2.05, 4.69) is 18.8 Å². The van der Waals surface area contributed by atoms with Crippen LogP contribution in [-0.2, 0) is 10.1 Å². The minimum absolute atomic E-state index is 0.0486. The summed E-state index contributed by atoms with van der Waals surface area (Å²) in [7, 11) is -4.26. The van der Waals surface area contributed by atoms with Crippen molar-refractivity contribution < 1.29 is 12.6 Å². The Kier molecular flexibility index (Phi) is 7.58. The molecule has 0 aliphatic carbocycles. The van der Waals surface area contributed by atoms with Gasteiger partial charge in [-0.25, -0.2) is 0 Å². The van der Waals surface area contributed by atoms with Gasteiger partial charge in [0.2, 0.25) is 5.88 Å². The van der Waals surface area contributed by atoms with Crippen LogP contribution in [0.5, 0.6) is 5.88 Å². The van der Waals surface area contributed by atoms with Gasteiger partial charge in [-0.3, -0.25) is 9.36 Å². The maximum absolute atomic E-state index is 13.6. The number of rotatable bonds is 7. The Morgan fingerprint density at radius 2 is 1.47 bits per heavy atom. The summed E-state index contributed by atoms with van der Waals surface area (Å²) >= 11 is 6.24. The molecular formula is C26H31ClN2O4S. The molecule has 0 amide bonds. The van der Waals surface area contributed by atoms with Crippen LogP contribution in [0, 0.1) is 6.92 Å². The van der Waals surface area contributed by atoms with E-state index in [0.29, 0.717) is 21.8 Å². The molecule has 6 nitrogen and oxygen atoms in total. The summed E-state index contributed by atoms with van der Waals surface area (Å²) in [5.74, 6) is 0.131. The van der Waals surface area contributed by atoms with Gasteiger partial charge in [-0.15, -0.1) is 0 Å². The molecule has 1 heterocycles. The Morgan fingerprint density at radius 1 is 0.912 bits per heavy atom. The van der Waals surface area contributed by atoms with Crippen LogP contribution in [0.4, 0.5) is 0 Å². The fourth-order valence-electron chi connectivity index (χ4n) is 3.87. The number of aromatic nitrogens is 2. The second-order valence-electron chi connectivity index (χ2n) is 9.30. The van der Waals surface area contributed by atoms with Gasteiger partial charge in [0.05, 0.1) is 16.8 Å². The Balaban J connectivity index is 2.15. The SMILES string of the molecule is Cc1nc(OS(=O)(=O)c2c(C(C)C)cc(C(C)C)cc2C(C)C)cc(=O)n1-c1ccccc1Cl. The number of halogens is 1. The minimum atomic E-state index is -4.26. The minimum Gasteiger partial charge on any atom is -0.358 e. The average molecular weight is 503 g/mol. The van der Waals surface area contributed by atoms with Crippen LogP contribution >= 0.6 is 11.6 Å². The number of para-hydroxylation sites is 1. The van der Waals surface area contributed by atoms with Crippen LogP contribution in [0.3, 0.4) is 0 Å². The lowest BCUT2D eigenvalue weighted by Gasteiger charge is -2.22. The van der Waals surface area contributed by atoms with Gasteiger partial charge >= 0.3 is 10.1 Å². The zero-order valence-corrected chi connectivity index (χ0v) is 22.2. The lowest BCUT2D eigenvalue weighted by molar-refractivity contribution is 0.469. The van der Waals surface area contributed by atoms with Crippen molar-refractivity contribution in [2.75, 3.05) is 0 Å². The zero-order chi connectivity index (χ0) is 25.4. The molecule has 34 heavy (non-hydrogen) atoms. The van der Waals surface area contributed by atoms with Gasteiger partial charge in [0.1, 0.15) is 10.7 Å². The maximum atomic E-state index is 13.6. The predicted octanol–water partition coefficient (Wildman–Crippen LogP) is 6.33. The molecule has 0 fully saturated rings. The molecule has 0 bridgehead atoms. The van der Waals surface area contributed by atoms with Gasteiger partial charge in [-0.2, -0.15) is 13.4 Å². The van der Waals surface area contributed by atoms with Gasteiger partial charge in [0, 0.05) is 0 Å². The summed E-state index contributed by atoms with van der Waals surface area (Å²) in [6.45, 7) is 13.6. The van der Waals surface area contributed by atoms with Crippen molar-refractivity contribution in [2.24, 2.45) is 0 Å². The Morgan fingerprint density at radius 3 is 1.94 bits per heavy atom. The molecule has 0 saturated carbocycles. The molecule has 0 aliphatic heterocycles. The van der Waals surface area contributed by atoms with E-state index in [1.165, 1.54) is 4.57 Å². The summed E-state index contributed by atoms with van der Waals surface area (Å²) in [4.78, 5) is 17.3. The average Bonchev–Trinajstić information content (AvgIpc) is 2.73. The molecule has 182 valence electrons. The first-order valence-corrected chi connectivity index (χ1v) is 13.1. The second kappa shape index (κ2) is 9.92. The molecule has 0 spiro atoms. The van der Waals surface area contributed by atoms with E-state index < -0.39 is 15.7 Å². The van der Waals surface area contributed by atoms with Crippen LogP contribution in [0.2, 0.25) is 5.02 Å². The second-order valence-corrected chi connectivity index (χ2v) is 11.2. The van der Waals surface area contributed by atoms with E-state index in [1.807, 2.05) is 39.8 Å². The van der Waals surface area contributed by atoms with Crippen molar-refractivity contribution in [3.8, 4) is 11.6 Å². The highest BCUT2D eigenvalue weighted by Crippen LogP contribution is 2.36. The Labute approximate surface area is 206 Å². The number of hydrogen-bond donors (Lipinski definition) is 0. The van der Waals surface area contributed by atoms with Gasteiger partial charge < -0.3 is 4.18 Å². The highest BCUT2D eigenvalue weighted by Gasteiger charge is 2.29. The van der Waals surface area contributed by atoms with Crippen LogP contribution in [0.25, 0.3) is 5.69 Å². The van der Waals surface area contributed by atoms with Crippen molar-refractivity contribution in [3.05, 3.63) is 80.4 Å². The molecule has 8 heteroatoms. The summed E-state index contributed by atoms with van der Waals surface area (Å²) in [6, 6.07) is 11.8. The first-order valence-electron chi connectivity index (χ1n) is 11.3. The quantitative estimate of drug-likeness (QED) is 0.352. The van der Waals surface area contributed by atoms with E-state index in [4.69, 9.17) is 15.8 Å². The largest absolute Gasteiger partial charge is 0.358 e. The normalized spacial score (nSPS) is 12.1. The van der Waals surface area contributed by atoms with E-state index in [-0.39, 0.29) is 34.4 Å². The molecule has 0 aliphatic rings. The van der Waals surface area contributed by atoms with Crippen LogP contribution in [0.1, 0.15) is 81.8 Å². The standard InChI is InChI=1S/C26H31ClN2O4S/c1-15(2)19-12-20(16(3)4)26(21(13-19)17(5)6)34(31,32)33-24-14-25(30)29(18(7)28-24)23-11-9-8-10-22(23)27/h8-17H,1-7H3. The molecular weight excluding hydrogens is 472 g/mol. The molecule has 2 aromatic carbocycles. The fourth-order valence-corrected chi connectivity index (χ4v) is 5.65. The first kappa shape index (κ1) is 26.0. The fraction of sp³-hybridized carbons (Fsp3) is 0.385. The third-order valence-electron chi connectivity index (χ3n) is 5.68. The molecule has 3 rings (SSSR count). The molecule has 0 N–H and O–H groups in total.